The van der Waals surface area contributed by atoms with Crippen molar-refractivity contribution in [1.29, 1.82) is 0 Å². The Morgan fingerprint density at radius 1 is 0.762 bits per heavy atom. The highest BCUT2D eigenvalue weighted by molar-refractivity contribution is 5.12. The molecule has 0 spiro atoms. The molecule has 0 nitrogen and oxygen atoms in total. The summed E-state index contributed by atoms with van der Waals surface area (Å²) >= 11 is 0. The Bertz CT molecular complexity index is 365. The lowest BCUT2D eigenvalue weighted by atomic mass is 9.46. The van der Waals surface area contributed by atoms with E-state index in [9.17, 15) is 0 Å². The van der Waals surface area contributed by atoms with E-state index < -0.39 is 0 Å². The van der Waals surface area contributed by atoms with Gasteiger partial charge < -0.3 is 0 Å². The van der Waals surface area contributed by atoms with Gasteiger partial charge in [-0.1, -0.05) is 36.8 Å². The van der Waals surface area contributed by atoms with Crippen LogP contribution in [0, 0.1) is 16.7 Å². The third-order valence-corrected chi connectivity index (χ3v) is 5.58. The largest absolute Gasteiger partial charge is 0.103 e. The van der Waals surface area contributed by atoms with Gasteiger partial charge in [-0.25, -0.2) is 0 Å². The highest BCUT2D eigenvalue weighted by Crippen LogP contribution is 2.62. The van der Waals surface area contributed by atoms with Gasteiger partial charge in [-0.3, -0.25) is 0 Å². The molecule has 0 aliphatic heterocycles. The molecule has 0 aromatic carbocycles. The Hall–Kier alpha value is -1.30. The first-order chi connectivity index (χ1) is 10.2. The Morgan fingerprint density at radius 2 is 1.29 bits per heavy atom. The van der Waals surface area contributed by atoms with Crippen molar-refractivity contribution in [2.75, 3.05) is 0 Å². The van der Waals surface area contributed by atoms with Crippen LogP contribution in [-0.4, -0.2) is 0 Å². The van der Waals surface area contributed by atoms with Gasteiger partial charge in [-0.15, -0.1) is 32.9 Å². The lowest BCUT2D eigenvalue weighted by Gasteiger charge is -2.58. The monoisotopic (exact) mass is 284 g/mol. The molecule has 1 rings (SSSR count). The fourth-order valence-corrected chi connectivity index (χ4v) is 4.80. The minimum absolute atomic E-state index is 0.214. The van der Waals surface area contributed by atoms with Crippen LogP contribution in [-0.2, 0) is 0 Å². The molecule has 0 N–H and O–H groups in total. The van der Waals surface area contributed by atoms with Crippen LogP contribution in [0.25, 0.3) is 0 Å². The van der Waals surface area contributed by atoms with Crippen molar-refractivity contribution in [1.82, 2.24) is 0 Å². The maximum Gasteiger partial charge on any atom is -0.0135 e. The standard InChI is InChI=1S/C21H32/c1-6-12-19-13-11-18-20(14-7-2,15-8-3)21(19,16-9-4)17-10-5/h6-10,19H,1-5,11-18H2. The molecule has 0 heteroatoms. The van der Waals surface area contributed by atoms with Crippen LogP contribution in [0.3, 0.4) is 0 Å². The molecular formula is C21H32. The summed E-state index contributed by atoms with van der Waals surface area (Å²) in [5, 5.41) is 0. The van der Waals surface area contributed by atoms with Gasteiger partial charge in [0.1, 0.15) is 0 Å². The van der Waals surface area contributed by atoms with Gasteiger partial charge in [0.05, 0.1) is 0 Å². The van der Waals surface area contributed by atoms with Crippen LogP contribution in [0.15, 0.2) is 63.3 Å². The summed E-state index contributed by atoms with van der Waals surface area (Å²) in [6.45, 7) is 20.2. The summed E-state index contributed by atoms with van der Waals surface area (Å²) in [5.41, 5.74) is 0.454. The molecule has 1 aliphatic carbocycles. The first kappa shape index (κ1) is 17.8. The van der Waals surface area contributed by atoms with Gasteiger partial charge >= 0.3 is 0 Å². The first-order valence-electron chi connectivity index (χ1n) is 8.21. The van der Waals surface area contributed by atoms with Gasteiger partial charge in [0.15, 0.2) is 0 Å². The quantitative estimate of drug-likeness (QED) is 0.394. The molecule has 1 fully saturated rings. The lowest BCUT2D eigenvalue weighted by Crippen LogP contribution is -2.49. The fourth-order valence-electron chi connectivity index (χ4n) is 4.80. The summed E-state index contributed by atoms with van der Waals surface area (Å²) in [5.74, 6) is 0.652. The predicted octanol–water partition coefficient (Wildman–Crippen LogP) is 6.64. The molecular weight excluding hydrogens is 252 g/mol. The molecule has 1 atom stereocenters. The smallest absolute Gasteiger partial charge is 0.0135 e. The summed E-state index contributed by atoms with van der Waals surface area (Å²) in [7, 11) is 0. The Morgan fingerprint density at radius 3 is 1.71 bits per heavy atom. The Kier molecular flexibility index (Phi) is 6.95. The molecule has 0 radical (unpaired) electrons. The molecule has 1 saturated carbocycles. The van der Waals surface area contributed by atoms with Gasteiger partial charge in [0, 0.05) is 0 Å². The zero-order chi connectivity index (χ0) is 15.8. The van der Waals surface area contributed by atoms with Crippen molar-refractivity contribution in [2.45, 2.75) is 51.4 Å². The fraction of sp³-hybridized carbons (Fsp3) is 0.524. The second-order valence-corrected chi connectivity index (χ2v) is 6.52. The molecule has 1 aliphatic rings. The SMILES string of the molecule is C=CCC1CCCC(CC=C)(CC=C)C1(CC=C)CC=C. The maximum atomic E-state index is 4.05. The second-order valence-electron chi connectivity index (χ2n) is 6.52. The van der Waals surface area contributed by atoms with Crippen molar-refractivity contribution in [3.8, 4) is 0 Å². The van der Waals surface area contributed by atoms with E-state index in [4.69, 9.17) is 0 Å². The maximum absolute atomic E-state index is 4.05. The highest BCUT2D eigenvalue weighted by Gasteiger charge is 2.53. The molecule has 0 aromatic heterocycles. The summed E-state index contributed by atoms with van der Waals surface area (Å²) < 4.78 is 0. The molecule has 0 saturated heterocycles. The topological polar surface area (TPSA) is 0 Å². The zero-order valence-electron chi connectivity index (χ0n) is 13.7. The Labute approximate surface area is 132 Å². The number of allylic oxidation sites excluding steroid dienone is 5. The number of hydrogen-bond donors (Lipinski definition) is 0. The van der Waals surface area contributed by atoms with Gasteiger partial charge in [0.2, 0.25) is 0 Å². The van der Waals surface area contributed by atoms with E-state index in [0.29, 0.717) is 5.92 Å². The predicted molar refractivity (Wildman–Crippen MR) is 96.3 cm³/mol. The van der Waals surface area contributed by atoms with Crippen molar-refractivity contribution in [3.05, 3.63) is 63.3 Å². The van der Waals surface area contributed by atoms with E-state index in [0.717, 1.165) is 32.1 Å². The van der Waals surface area contributed by atoms with Crippen molar-refractivity contribution in [2.24, 2.45) is 16.7 Å². The summed E-state index contributed by atoms with van der Waals surface area (Å²) in [6.07, 6.45) is 19.6. The van der Waals surface area contributed by atoms with Crippen LogP contribution in [0.2, 0.25) is 0 Å². The van der Waals surface area contributed by atoms with E-state index in [-0.39, 0.29) is 10.8 Å². The van der Waals surface area contributed by atoms with E-state index in [2.05, 4.69) is 63.3 Å². The average Bonchev–Trinajstić information content (AvgIpc) is 2.45. The Balaban J connectivity index is 3.40. The zero-order valence-corrected chi connectivity index (χ0v) is 13.7. The van der Waals surface area contributed by atoms with Crippen molar-refractivity contribution >= 4 is 0 Å². The van der Waals surface area contributed by atoms with E-state index in [1.807, 2.05) is 0 Å². The van der Waals surface area contributed by atoms with Crippen LogP contribution < -0.4 is 0 Å². The van der Waals surface area contributed by atoms with Crippen LogP contribution in [0.5, 0.6) is 0 Å². The summed E-state index contributed by atoms with van der Waals surface area (Å²) in [4.78, 5) is 0. The molecule has 116 valence electrons. The van der Waals surface area contributed by atoms with Crippen LogP contribution >= 0.6 is 0 Å². The highest BCUT2D eigenvalue weighted by atomic mass is 14.6. The van der Waals surface area contributed by atoms with E-state index in [1.54, 1.807) is 0 Å². The van der Waals surface area contributed by atoms with Gasteiger partial charge in [-0.05, 0) is 61.7 Å². The van der Waals surface area contributed by atoms with Gasteiger partial charge in [-0.2, -0.15) is 0 Å². The summed E-state index contributed by atoms with van der Waals surface area (Å²) in [6, 6.07) is 0. The van der Waals surface area contributed by atoms with Crippen molar-refractivity contribution < 1.29 is 0 Å². The second kappa shape index (κ2) is 8.22. The number of hydrogen-bond acceptors (Lipinski definition) is 0. The third-order valence-electron chi connectivity index (χ3n) is 5.58. The lowest BCUT2D eigenvalue weighted by molar-refractivity contribution is -0.0592. The van der Waals surface area contributed by atoms with E-state index in [1.165, 1.54) is 19.3 Å². The van der Waals surface area contributed by atoms with Crippen molar-refractivity contribution in [3.63, 3.8) is 0 Å². The van der Waals surface area contributed by atoms with Crippen LogP contribution in [0.1, 0.15) is 51.4 Å². The molecule has 1 unspecified atom stereocenters. The molecule has 0 aromatic rings. The molecule has 0 heterocycles. The minimum atomic E-state index is 0.214. The molecule has 0 amide bonds. The average molecular weight is 284 g/mol. The van der Waals surface area contributed by atoms with Gasteiger partial charge in [0.25, 0.3) is 0 Å². The third kappa shape index (κ3) is 3.31. The minimum Gasteiger partial charge on any atom is -0.103 e. The first-order valence-corrected chi connectivity index (χ1v) is 8.21. The van der Waals surface area contributed by atoms with Crippen LogP contribution in [0.4, 0.5) is 0 Å². The normalized spacial score (nSPS) is 23.0. The van der Waals surface area contributed by atoms with E-state index >= 15 is 0 Å². The number of rotatable bonds is 10. The molecule has 0 bridgehead atoms. The molecule has 21 heavy (non-hydrogen) atoms.